The zero-order valence-corrected chi connectivity index (χ0v) is 18.3. The SMILES string of the molecule is C=C.CC.CC=CC(C)(C(C)CC)C1CC=Cc2oc(=O)c3cccnc3c21. The lowest BCUT2D eigenvalue weighted by Gasteiger charge is -2.41. The van der Waals surface area contributed by atoms with Crippen molar-refractivity contribution in [2.24, 2.45) is 11.3 Å². The molecule has 2 aromatic heterocycles. The van der Waals surface area contributed by atoms with Crippen molar-refractivity contribution in [3.8, 4) is 0 Å². The average Bonchev–Trinajstić information content (AvgIpc) is 2.75. The Bertz CT molecular complexity index is 878. The average molecular weight is 382 g/mol. The van der Waals surface area contributed by atoms with Gasteiger partial charge >= 0.3 is 5.63 Å². The zero-order chi connectivity index (χ0) is 21.3. The molecule has 0 bridgehead atoms. The van der Waals surface area contributed by atoms with Crippen LogP contribution >= 0.6 is 0 Å². The first-order valence-electron chi connectivity index (χ1n) is 10.2. The highest BCUT2D eigenvalue weighted by molar-refractivity contribution is 5.83. The summed E-state index contributed by atoms with van der Waals surface area (Å²) in [5.74, 6) is 1.41. The van der Waals surface area contributed by atoms with Crippen LogP contribution in [0.4, 0.5) is 0 Å². The summed E-state index contributed by atoms with van der Waals surface area (Å²) in [6.07, 6.45) is 12.3. The molecular formula is C25H35NO2. The van der Waals surface area contributed by atoms with Gasteiger partial charge in [0, 0.05) is 17.7 Å². The van der Waals surface area contributed by atoms with Crippen LogP contribution in [0.25, 0.3) is 17.0 Å². The van der Waals surface area contributed by atoms with Crippen molar-refractivity contribution in [3.05, 3.63) is 71.5 Å². The van der Waals surface area contributed by atoms with Crippen LogP contribution in [-0.2, 0) is 0 Å². The first kappa shape index (κ1) is 23.6. The van der Waals surface area contributed by atoms with E-state index in [2.05, 4.69) is 64.1 Å². The van der Waals surface area contributed by atoms with Gasteiger partial charge in [0.25, 0.3) is 0 Å². The van der Waals surface area contributed by atoms with Crippen molar-refractivity contribution in [2.75, 3.05) is 0 Å². The predicted molar refractivity (Wildman–Crippen MR) is 122 cm³/mol. The van der Waals surface area contributed by atoms with Gasteiger partial charge in [0.15, 0.2) is 0 Å². The highest BCUT2D eigenvalue weighted by Crippen LogP contribution is 2.50. The molecule has 1 aliphatic rings. The highest BCUT2D eigenvalue weighted by Gasteiger charge is 2.40. The molecule has 0 aromatic carbocycles. The van der Waals surface area contributed by atoms with Gasteiger partial charge in [-0.25, -0.2) is 4.79 Å². The van der Waals surface area contributed by atoms with Crippen LogP contribution in [0.15, 0.2) is 58.9 Å². The Morgan fingerprint density at radius 2 is 2.07 bits per heavy atom. The lowest BCUT2D eigenvalue weighted by Crippen LogP contribution is -2.32. The Labute approximate surface area is 169 Å². The normalized spacial score (nSPS) is 18.3. The van der Waals surface area contributed by atoms with E-state index in [1.54, 1.807) is 18.3 Å². The van der Waals surface area contributed by atoms with E-state index >= 15 is 0 Å². The van der Waals surface area contributed by atoms with Gasteiger partial charge < -0.3 is 4.42 Å². The third kappa shape index (κ3) is 4.35. The molecule has 3 rings (SSSR count). The van der Waals surface area contributed by atoms with Gasteiger partial charge in [-0.15, -0.1) is 13.2 Å². The topological polar surface area (TPSA) is 43.1 Å². The molecule has 0 amide bonds. The van der Waals surface area contributed by atoms with Gasteiger partial charge in [-0.1, -0.05) is 59.3 Å². The first-order valence-corrected chi connectivity index (χ1v) is 10.2. The van der Waals surface area contributed by atoms with Crippen LogP contribution in [0.2, 0.25) is 0 Å². The molecule has 2 aromatic rings. The summed E-state index contributed by atoms with van der Waals surface area (Å²) in [6.45, 7) is 18.9. The lowest BCUT2D eigenvalue weighted by molar-refractivity contribution is 0.210. The number of rotatable bonds is 4. The molecule has 3 nitrogen and oxygen atoms in total. The van der Waals surface area contributed by atoms with Crippen molar-refractivity contribution in [3.63, 3.8) is 0 Å². The monoisotopic (exact) mass is 381 g/mol. The summed E-state index contributed by atoms with van der Waals surface area (Å²) in [6, 6.07) is 3.60. The number of pyridine rings is 1. The molecule has 3 heteroatoms. The van der Waals surface area contributed by atoms with E-state index in [0.29, 0.717) is 17.1 Å². The third-order valence-electron chi connectivity index (χ3n) is 5.69. The molecule has 3 atom stereocenters. The molecule has 0 radical (unpaired) electrons. The van der Waals surface area contributed by atoms with E-state index in [-0.39, 0.29) is 17.0 Å². The molecule has 0 N–H and O–H groups in total. The number of hydrogen-bond donors (Lipinski definition) is 0. The van der Waals surface area contributed by atoms with E-state index in [4.69, 9.17) is 4.42 Å². The fourth-order valence-electron chi connectivity index (χ4n) is 3.99. The maximum absolute atomic E-state index is 12.3. The highest BCUT2D eigenvalue weighted by atomic mass is 16.4. The van der Waals surface area contributed by atoms with Crippen molar-refractivity contribution < 1.29 is 4.42 Å². The van der Waals surface area contributed by atoms with Gasteiger partial charge in [-0.3, -0.25) is 4.98 Å². The molecule has 0 saturated heterocycles. The minimum atomic E-state index is -0.307. The fraction of sp³-hybridized carbons (Fsp3) is 0.440. The fourth-order valence-corrected chi connectivity index (χ4v) is 3.99. The molecule has 0 saturated carbocycles. The van der Waals surface area contributed by atoms with Crippen molar-refractivity contribution >= 4 is 17.0 Å². The first-order chi connectivity index (χ1) is 13.5. The Morgan fingerprint density at radius 3 is 2.68 bits per heavy atom. The number of hydrogen-bond acceptors (Lipinski definition) is 3. The minimum Gasteiger partial charge on any atom is -0.423 e. The van der Waals surface area contributed by atoms with E-state index in [1.807, 2.05) is 19.9 Å². The molecule has 152 valence electrons. The smallest absolute Gasteiger partial charge is 0.345 e. The van der Waals surface area contributed by atoms with E-state index < -0.39 is 0 Å². The summed E-state index contributed by atoms with van der Waals surface area (Å²) in [4.78, 5) is 16.8. The van der Waals surface area contributed by atoms with E-state index in [9.17, 15) is 4.79 Å². The Kier molecular flexibility index (Phi) is 9.11. The number of fused-ring (bicyclic) bond motifs is 3. The Hall–Kier alpha value is -2.42. The molecular weight excluding hydrogens is 346 g/mol. The maximum atomic E-state index is 12.3. The minimum absolute atomic E-state index is 0.0205. The maximum Gasteiger partial charge on any atom is 0.345 e. The van der Waals surface area contributed by atoms with Crippen LogP contribution in [0, 0.1) is 11.3 Å². The van der Waals surface area contributed by atoms with Gasteiger partial charge in [0.2, 0.25) is 0 Å². The molecule has 0 aliphatic heterocycles. The second-order valence-corrected chi connectivity index (χ2v) is 6.93. The molecule has 2 heterocycles. The quantitative estimate of drug-likeness (QED) is 0.528. The second kappa shape index (κ2) is 10.8. The second-order valence-electron chi connectivity index (χ2n) is 6.93. The molecule has 28 heavy (non-hydrogen) atoms. The van der Waals surface area contributed by atoms with Crippen LogP contribution in [0.5, 0.6) is 0 Å². The summed E-state index contributed by atoms with van der Waals surface area (Å²) >= 11 is 0. The van der Waals surface area contributed by atoms with Crippen molar-refractivity contribution in [2.45, 2.75) is 60.3 Å². The summed E-state index contributed by atoms with van der Waals surface area (Å²) in [5.41, 5.74) is 1.54. The van der Waals surface area contributed by atoms with Crippen LogP contribution < -0.4 is 5.63 Å². The van der Waals surface area contributed by atoms with Crippen molar-refractivity contribution in [1.29, 1.82) is 0 Å². The zero-order valence-electron chi connectivity index (χ0n) is 18.3. The van der Waals surface area contributed by atoms with Gasteiger partial charge in [0.1, 0.15) is 5.76 Å². The standard InChI is InChI=1S/C21H25NO2.C2H6.C2H4/c1-5-12-21(4,14(3)6-2)16-10-7-11-17-18(16)19-15(20(23)24-17)9-8-13-22-19;2*1-2/h5,7-9,11-14,16H,6,10H2,1-4H3;1-2H3;1-2H2. The third-order valence-corrected chi connectivity index (χ3v) is 5.69. The van der Waals surface area contributed by atoms with Gasteiger partial charge in [0.05, 0.1) is 10.9 Å². The Balaban J connectivity index is 0.000000921. The lowest BCUT2D eigenvalue weighted by atomic mass is 9.62. The van der Waals surface area contributed by atoms with Crippen LogP contribution in [-0.4, -0.2) is 4.98 Å². The summed E-state index contributed by atoms with van der Waals surface area (Å²) < 4.78 is 5.62. The molecule has 0 fully saturated rings. The van der Waals surface area contributed by atoms with E-state index in [1.165, 1.54) is 0 Å². The van der Waals surface area contributed by atoms with Crippen LogP contribution in [0.1, 0.15) is 71.6 Å². The number of allylic oxidation sites excluding steroid dienone is 3. The van der Waals surface area contributed by atoms with E-state index in [0.717, 1.165) is 23.9 Å². The molecule has 1 aliphatic carbocycles. The largest absolute Gasteiger partial charge is 0.423 e. The number of nitrogens with zero attached hydrogens (tertiary/aromatic N) is 1. The van der Waals surface area contributed by atoms with Gasteiger partial charge in [-0.05, 0) is 42.9 Å². The number of aromatic nitrogens is 1. The molecule has 3 unspecified atom stereocenters. The summed E-state index contributed by atoms with van der Waals surface area (Å²) in [7, 11) is 0. The van der Waals surface area contributed by atoms with Crippen LogP contribution in [0.3, 0.4) is 0 Å². The molecule has 0 spiro atoms. The van der Waals surface area contributed by atoms with Crippen molar-refractivity contribution in [1.82, 2.24) is 4.98 Å². The Morgan fingerprint density at radius 1 is 1.39 bits per heavy atom. The predicted octanol–water partition coefficient (Wildman–Crippen LogP) is 7.15. The van der Waals surface area contributed by atoms with Gasteiger partial charge in [-0.2, -0.15) is 0 Å². The summed E-state index contributed by atoms with van der Waals surface area (Å²) in [5, 5.41) is 0.573.